The Kier molecular flexibility index (Phi) is 9.45. The van der Waals surface area contributed by atoms with Crippen LogP contribution in [-0.2, 0) is 11.3 Å². The molecule has 5 nitrogen and oxygen atoms in total. The first-order valence-corrected chi connectivity index (χ1v) is 7.28. The van der Waals surface area contributed by atoms with Gasteiger partial charge in [-0.3, -0.25) is 9.79 Å². The number of benzene rings is 1. The summed E-state index contributed by atoms with van der Waals surface area (Å²) in [6, 6.07) is 4.49. The molecular weight excluding hydrogens is 434 g/mol. The van der Waals surface area contributed by atoms with Crippen molar-refractivity contribution < 1.29 is 9.18 Å². The number of carbonyl (C=O) groups excluding carboxylic acids is 1. The summed E-state index contributed by atoms with van der Waals surface area (Å²) in [5, 5.41) is 8.85. The highest BCUT2D eigenvalue weighted by molar-refractivity contribution is 14.0. The molecule has 1 aromatic rings. The van der Waals surface area contributed by atoms with Crippen LogP contribution < -0.4 is 16.0 Å². The van der Waals surface area contributed by atoms with Gasteiger partial charge in [-0.15, -0.1) is 24.0 Å². The normalized spacial score (nSPS) is 11.5. The highest BCUT2D eigenvalue weighted by atomic mass is 127. The molecule has 23 heavy (non-hydrogen) atoms. The molecule has 0 heterocycles. The molecule has 0 bridgehead atoms. The van der Waals surface area contributed by atoms with Crippen LogP contribution in [0, 0.1) is 5.82 Å². The van der Waals surface area contributed by atoms with E-state index in [0.717, 1.165) is 5.56 Å². The summed E-state index contributed by atoms with van der Waals surface area (Å²) in [5.74, 6) is -0.100. The molecule has 130 valence electrons. The zero-order valence-corrected chi connectivity index (χ0v) is 16.8. The van der Waals surface area contributed by atoms with Crippen LogP contribution in [0.1, 0.15) is 26.3 Å². The summed E-state index contributed by atoms with van der Waals surface area (Å²) in [4.78, 5) is 15.7. The quantitative estimate of drug-likeness (QED) is 0.371. The molecule has 0 aliphatic carbocycles. The van der Waals surface area contributed by atoms with Gasteiger partial charge in [-0.25, -0.2) is 4.39 Å². The molecule has 0 saturated carbocycles. The molecule has 1 aromatic carbocycles. The summed E-state index contributed by atoms with van der Waals surface area (Å²) in [6.45, 7) is 6.27. The molecule has 0 aliphatic heterocycles. The number of nitrogens with zero attached hydrogens (tertiary/aromatic N) is 1. The van der Waals surface area contributed by atoms with Gasteiger partial charge in [0.1, 0.15) is 5.82 Å². The highest BCUT2D eigenvalue weighted by Crippen LogP contribution is 2.15. The van der Waals surface area contributed by atoms with Crippen molar-refractivity contribution in [3.63, 3.8) is 0 Å². The van der Waals surface area contributed by atoms with E-state index in [-0.39, 0.29) is 47.0 Å². The number of hydrogen-bond acceptors (Lipinski definition) is 2. The van der Waals surface area contributed by atoms with Crippen molar-refractivity contribution in [1.82, 2.24) is 16.0 Å². The smallest absolute Gasteiger partial charge is 0.239 e. The second kappa shape index (κ2) is 9.92. The van der Waals surface area contributed by atoms with E-state index in [1.54, 1.807) is 19.2 Å². The van der Waals surface area contributed by atoms with Crippen LogP contribution in [-0.4, -0.2) is 31.0 Å². The summed E-state index contributed by atoms with van der Waals surface area (Å²) in [6.07, 6.45) is 0. The Bertz CT molecular complexity index is 561. The van der Waals surface area contributed by atoms with E-state index < -0.39 is 5.82 Å². The Hall–Kier alpha value is -1.09. The second-order valence-electron chi connectivity index (χ2n) is 5.83. The van der Waals surface area contributed by atoms with Crippen LogP contribution in [0.2, 0.25) is 5.02 Å². The lowest BCUT2D eigenvalue weighted by Crippen LogP contribution is -2.48. The van der Waals surface area contributed by atoms with Gasteiger partial charge in [-0.05, 0) is 38.5 Å². The highest BCUT2D eigenvalue weighted by Gasteiger charge is 2.13. The van der Waals surface area contributed by atoms with Crippen LogP contribution in [0.5, 0.6) is 0 Å². The Morgan fingerprint density at radius 1 is 1.30 bits per heavy atom. The zero-order valence-electron chi connectivity index (χ0n) is 13.7. The monoisotopic (exact) mass is 456 g/mol. The minimum atomic E-state index is -0.452. The molecule has 0 aromatic heterocycles. The van der Waals surface area contributed by atoms with E-state index >= 15 is 0 Å². The van der Waals surface area contributed by atoms with Crippen molar-refractivity contribution in [2.75, 3.05) is 13.6 Å². The minimum absolute atomic E-state index is 0. The summed E-state index contributed by atoms with van der Waals surface area (Å²) >= 11 is 5.73. The molecule has 0 aliphatic rings. The van der Waals surface area contributed by atoms with Crippen LogP contribution in [0.25, 0.3) is 0 Å². The van der Waals surface area contributed by atoms with Gasteiger partial charge in [-0.1, -0.05) is 17.7 Å². The molecule has 1 rings (SSSR count). The van der Waals surface area contributed by atoms with Crippen molar-refractivity contribution >= 4 is 47.4 Å². The molecular formula is C15H23ClFIN4O. The molecule has 0 saturated heterocycles. The van der Waals surface area contributed by atoms with E-state index in [9.17, 15) is 9.18 Å². The van der Waals surface area contributed by atoms with Crippen LogP contribution in [0.15, 0.2) is 23.2 Å². The first-order valence-electron chi connectivity index (χ1n) is 6.91. The van der Waals surface area contributed by atoms with Crippen LogP contribution in [0.3, 0.4) is 0 Å². The van der Waals surface area contributed by atoms with Crippen molar-refractivity contribution in [3.8, 4) is 0 Å². The maximum absolute atomic E-state index is 13.1. The maximum atomic E-state index is 13.1. The number of guanidine groups is 1. The van der Waals surface area contributed by atoms with Crippen LogP contribution in [0.4, 0.5) is 4.39 Å². The van der Waals surface area contributed by atoms with Crippen molar-refractivity contribution in [2.24, 2.45) is 4.99 Å². The lowest BCUT2D eigenvalue weighted by Gasteiger charge is -2.21. The molecule has 0 radical (unpaired) electrons. The van der Waals surface area contributed by atoms with E-state index in [2.05, 4.69) is 20.9 Å². The van der Waals surface area contributed by atoms with Gasteiger partial charge in [0.2, 0.25) is 5.91 Å². The molecule has 0 unspecified atom stereocenters. The van der Waals surface area contributed by atoms with Crippen molar-refractivity contribution in [3.05, 3.63) is 34.6 Å². The lowest BCUT2D eigenvalue weighted by atomic mass is 10.1. The number of carbonyl (C=O) groups is 1. The molecule has 0 spiro atoms. The Morgan fingerprint density at radius 2 is 1.96 bits per heavy atom. The second-order valence-corrected chi connectivity index (χ2v) is 6.23. The third-order valence-electron chi connectivity index (χ3n) is 2.60. The fourth-order valence-electron chi connectivity index (χ4n) is 1.68. The average Bonchev–Trinajstić information content (AvgIpc) is 2.41. The van der Waals surface area contributed by atoms with Gasteiger partial charge in [0.05, 0.1) is 11.6 Å². The van der Waals surface area contributed by atoms with Crippen molar-refractivity contribution in [2.45, 2.75) is 32.9 Å². The van der Waals surface area contributed by atoms with E-state index in [4.69, 9.17) is 11.6 Å². The molecule has 3 N–H and O–H groups in total. The van der Waals surface area contributed by atoms with E-state index in [0.29, 0.717) is 12.5 Å². The predicted octanol–water partition coefficient (Wildman–Crippen LogP) is 2.68. The minimum Gasteiger partial charge on any atom is -0.352 e. The summed E-state index contributed by atoms with van der Waals surface area (Å²) < 4.78 is 13.1. The fraction of sp³-hybridized carbons (Fsp3) is 0.467. The largest absolute Gasteiger partial charge is 0.352 e. The van der Waals surface area contributed by atoms with Gasteiger partial charge < -0.3 is 16.0 Å². The van der Waals surface area contributed by atoms with Crippen molar-refractivity contribution in [1.29, 1.82) is 0 Å². The number of hydrogen-bond donors (Lipinski definition) is 3. The van der Waals surface area contributed by atoms with Gasteiger partial charge in [0.15, 0.2) is 5.96 Å². The van der Waals surface area contributed by atoms with Gasteiger partial charge in [0, 0.05) is 19.1 Å². The lowest BCUT2D eigenvalue weighted by molar-refractivity contribution is -0.121. The third-order valence-corrected chi connectivity index (χ3v) is 2.89. The van der Waals surface area contributed by atoms with Gasteiger partial charge >= 0.3 is 0 Å². The first kappa shape index (κ1) is 21.9. The number of nitrogens with one attached hydrogen (secondary N) is 3. The molecule has 1 amide bonds. The number of halogens is 3. The predicted molar refractivity (Wildman–Crippen MR) is 103 cm³/mol. The standard InChI is InChI=1S/C15H22ClFN4O.HI/c1-15(2,3)21-13(22)9-20-14(18-4)19-8-10-5-6-12(17)11(16)7-10;/h5-7H,8-9H2,1-4H3,(H,21,22)(H2,18,19,20);1H. The molecule has 0 fully saturated rings. The maximum Gasteiger partial charge on any atom is 0.239 e. The molecule has 0 atom stereocenters. The fourth-order valence-corrected chi connectivity index (χ4v) is 1.89. The topological polar surface area (TPSA) is 65.5 Å². The Balaban J connectivity index is 0.00000484. The number of aliphatic imine (C=N–C) groups is 1. The SMILES string of the molecule is CN=C(NCC(=O)NC(C)(C)C)NCc1ccc(F)c(Cl)c1.I. The summed E-state index contributed by atoms with van der Waals surface area (Å²) in [7, 11) is 1.61. The zero-order chi connectivity index (χ0) is 16.8. The van der Waals surface area contributed by atoms with E-state index in [1.807, 2.05) is 20.8 Å². The van der Waals surface area contributed by atoms with Crippen LogP contribution >= 0.6 is 35.6 Å². The Morgan fingerprint density at radius 3 is 2.48 bits per heavy atom. The summed E-state index contributed by atoms with van der Waals surface area (Å²) in [5.41, 5.74) is 0.536. The Labute approximate surface area is 158 Å². The van der Waals surface area contributed by atoms with E-state index in [1.165, 1.54) is 6.07 Å². The average molecular weight is 457 g/mol. The number of amides is 1. The van der Waals surface area contributed by atoms with Gasteiger partial charge in [0.25, 0.3) is 0 Å². The third kappa shape index (κ3) is 8.95. The number of rotatable bonds is 4. The first-order chi connectivity index (χ1) is 10.2. The molecule has 8 heteroatoms. The van der Waals surface area contributed by atoms with Gasteiger partial charge in [-0.2, -0.15) is 0 Å².